The standard InChI is InChI=1S/C19H17FN2O2/c1-12-9-10-16(14-6-5-11-21-18(12)14)22-19(23)13(2)24-17-8-4-3-7-15(17)20/h3-11,13H,1-2H3,(H,22,23). The van der Waals surface area contributed by atoms with Crippen molar-refractivity contribution >= 4 is 22.5 Å². The lowest BCUT2D eigenvalue weighted by Crippen LogP contribution is -2.30. The highest BCUT2D eigenvalue weighted by atomic mass is 19.1. The molecule has 0 radical (unpaired) electrons. The molecule has 1 aromatic heterocycles. The molecule has 0 saturated carbocycles. The molecule has 0 saturated heterocycles. The lowest BCUT2D eigenvalue weighted by Gasteiger charge is -2.16. The molecule has 4 nitrogen and oxygen atoms in total. The molecule has 122 valence electrons. The molecule has 5 heteroatoms. The molecule has 0 aliphatic heterocycles. The number of para-hydroxylation sites is 1. The number of amides is 1. The van der Waals surface area contributed by atoms with E-state index in [2.05, 4.69) is 10.3 Å². The van der Waals surface area contributed by atoms with Gasteiger partial charge < -0.3 is 10.1 Å². The van der Waals surface area contributed by atoms with Gasteiger partial charge in [-0.3, -0.25) is 9.78 Å². The van der Waals surface area contributed by atoms with Crippen LogP contribution < -0.4 is 10.1 Å². The zero-order valence-corrected chi connectivity index (χ0v) is 13.4. The van der Waals surface area contributed by atoms with Crippen LogP contribution in [-0.2, 0) is 4.79 Å². The molecule has 0 bridgehead atoms. The average Bonchev–Trinajstić information content (AvgIpc) is 2.59. The highest BCUT2D eigenvalue weighted by Gasteiger charge is 2.17. The second-order valence-corrected chi connectivity index (χ2v) is 5.51. The number of nitrogens with one attached hydrogen (secondary N) is 1. The summed E-state index contributed by atoms with van der Waals surface area (Å²) in [6.45, 7) is 3.54. The van der Waals surface area contributed by atoms with Gasteiger partial charge in [0.25, 0.3) is 5.91 Å². The Morgan fingerprint density at radius 1 is 1.17 bits per heavy atom. The van der Waals surface area contributed by atoms with Crippen LogP contribution in [0.3, 0.4) is 0 Å². The van der Waals surface area contributed by atoms with Gasteiger partial charge in [0.2, 0.25) is 0 Å². The smallest absolute Gasteiger partial charge is 0.265 e. The molecule has 1 unspecified atom stereocenters. The summed E-state index contributed by atoms with van der Waals surface area (Å²) in [4.78, 5) is 16.7. The van der Waals surface area contributed by atoms with Crippen LogP contribution in [0.15, 0.2) is 54.7 Å². The Morgan fingerprint density at radius 3 is 2.75 bits per heavy atom. The summed E-state index contributed by atoms with van der Waals surface area (Å²) in [6, 6.07) is 13.4. The first kappa shape index (κ1) is 15.9. The molecule has 1 heterocycles. The molecule has 1 atom stereocenters. The van der Waals surface area contributed by atoms with Crippen LogP contribution in [0.4, 0.5) is 10.1 Å². The summed E-state index contributed by atoms with van der Waals surface area (Å²) in [7, 11) is 0. The molecule has 0 fully saturated rings. The van der Waals surface area contributed by atoms with Crippen LogP contribution in [-0.4, -0.2) is 17.0 Å². The summed E-state index contributed by atoms with van der Waals surface area (Å²) >= 11 is 0. The molecule has 24 heavy (non-hydrogen) atoms. The summed E-state index contributed by atoms with van der Waals surface area (Å²) in [5, 5.41) is 3.68. The number of aryl methyl sites for hydroxylation is 1. The van der Waals surface area contributed by atoms with E-state index in [9.17, 15) is 9.18 Å². The minimum Gasteiger partial charge on any atom is -0.478 e. The molecule has 3 rings (SSSR count). The van der Waals surface area contributed by atoms with Gasteiger partial charge in [-0.25, -0.2) is 4.39 Å². The van der Waals surface area contributed by atoms with Gasteiger partial charge in [0, 0.05) is 11.6 Å². The summed E-state index contributed by atoms with van der Waals surface area (Å²) < 4.78 is 19.0. The van der Waals surface area contributed by atoms with Crippen LogP contribution in [0.5, 0.6) is 5.75 Å². The van der Waals surface area contributed by atoms with Crippen molar-refractivity contribution in [3.8, 4) is 5.75 Å². The molecule has 0 spiro atoms. The predicted molar refractivity (Wildman–Crippen MR) is 91.6 cm³/mol. The van der Waals surface area contributed by atoms with E-state index >= 15 is 0 Å². The van der Waals surface area contributed by atoms with Gasteiger partial charge in [0.1, 0.15) is 0 Å². The fourth-order valence-corrected chi connectivity index (χ4v) is 2.44. The van der Waals surface area contributed by atoms with Crippen molar-refractivity contribution in [1.82, 2.24) is 4.98 Å². The summed E-state index contributed by atoms with van der Waals surface area (Å²) in [5.41, 5.74) is 2.51. The maximum atomic E-state index is 13.6. The molecule has 0 aliphatic rings. The number of carbonyl (C=O) groups excluding carboxylic acids is 1. The minimum absolute atomic E-state index is 0.0515. The number of aromatic nitrogens is 1. The minimum atomic E-state index is -0.838. The maximum absolute atomic E-state index is 13.6. The number of hydrogen-bond donors (Lipinski definition) is 1. The Labute approximate surface area is 139 Å². The predicted octanol–water partition coefficient (Wildman–Crippen LogP) is 4.09. The second kappa shape index (κ2) is 6.66. The highest BCUT2D eigenvalue weighted by molar-refractivity contribution is 6.03. The first-order valence-corrected chi connectivity index (χ1v) is 7.62. The highest BCUT2D eigenvalue weighted by Crippen LogP contribution is 2.25. The number of rotatable bonds is 4. The average molecular weight is 324 g/mol. The van der Waals surface area contributed by atoms with E-state index in [1.54, 1.807) is 25.3 Å². The van der Waals surface area contributed by atoms with Crippen molar-refractivity contribution in [3.63, 3.8) is 0 Å². The quantitative estimate of drug-likeness (QED) is 0.786. The topological polar surface area (TPSA) is 51.2 Å². The van der Waals surface area contributed by atoms with Crippen LogP contribution in [0, 0.1) is 12.7 Å². The Hall–Kier alpha value is -2.95. The fourth-order valence-electron chi connectivity index (χ4n) is 2.44. The van der Waals surface area contributed by atoms with Gasteiger partial charge in [-0.05, 0) is 49.7 Å². The number of pyridine rings is 1. The summed E-state index contributed by atoms with van der Waals surface area (Å²) in [6.07, 6.45) is 0.875. The van der Waals surface area contributed by atoms with E-state index in [0.29, 0.717) is 5.69 Å². The number of ether oxygens (including phenoxy) is 1. The molecule has 2 aromatic carbocycles. The lowest BCUT2D eigenvalue weighted by atomic mass is 10.1. The molecule has 3 aromatic rings. The van der Waals surface area contributed by atoms with E-state index in [1.807, 2.05) is 31.2 Å². The molecule has 1 amide bonds. The number of hydrogen-bond acceptors (Lipinski definition) is 3. The van der Waals surface area contributed by atoms with E-state index < -0.39 is 11.9 Å². The van der Waals surface area contributed by atoms with Gasteiger partial charge in [-0.1, -0.05) is 18.2 Å². The Morgan fingerprint density at radius 2 is 1.96 bits per heavy atom. The maximum Gasteiger partial charge on any atom is 0.265 e. The van der Waals surface area contributed by atoms with E-state index in [4.69, 9.17) is 4.74 Å². The zero-order chi connectivity index (χ0) is 17.1. The normalized spacial score (nSPS) is 12.0. The molecule has 0 aliphatic carbocycles. The fraction of sp³-hybridized carbons (Fsp3) is 0.158. The number of benzene rings is 2. The van der Waals surface area contributed by atoms with Crippen LogP contribution >= 0.6 is 0 Å². The first-order valence-electron chi connectivity index (χ1n) is 7.62. The zero-order valence-electron chi connectivity index (χ0n) is 13.4. The van der Waals surface area contributed by atoms with Crippen molar-refractivity contribution < 1.29 is 13.9 Å². The second-order valence-electron chi connectivity index (χ2n) is 5.51. The molecule has 1 N–H and O–H groups in total. The number of halogens is 1. The van der Waals surface area contributed by atoms with Crippen LogP contribution in [0.2, 0.25) is 0 Å². The van der Waals surface area contributed by atoms with Crippen molar-refractivity contribution in [3.05, 3.63) is 66.1 Å². The van der Waals surface area contributed by atoms with Crippen molar-refractivity contribution in [2.24, 2.45) is 0 Å². The third-order valence-corrected chi connectivity index (χ3v) is 3.74. The lowest BCUT2D eigenvalue weighted by molar-refractivity contribution is -0.122. The van der Waals surface area contributed by atoms with Gasteiger partial charge in [-0.15, -0.1) is 0 Å². The third kappa shape index (κ3) is 3.20. The Kier molecular flexibility index (Phi) is 4.42. The molecular weight excluding hydrogens is 307 g/mol. The van der Waals surface area contributed by atoms with Crippen molar-refractivity contribution in [2.75, 3.05) is 5.32 Å². The number of fused-ring (bicyclic) bond motifs is 1. The van der Waals surface area contributed by atoms with E-state index in [1.165, 1.54) is 12.1 Å². The van der Waals surface area contributed by atoms with Gasteiger partial charge in [0.15, 0.2) is 17.7 Å². The number of anilines is 1. The first-order chi connectivity index (χ1) is 11.6. The van der Waals surface area contributed by atoms with Gasteiger partial charge in [-0.2, -0.15) is 0 Å². The number of nitrogens with zero attached hydrogens (tertiary/aromatic N) is 1. The Balaban J connectivity index is 1.80. The van der Waals surface area contributed by atoms with Crippen molar-refractivity contribution in [1.29, 1.82) is 0 Å². The monoisotopic (exact) mass is 324 g/mol. The number of carbonyl (C=O) groups is 1. The largest absolute Gasteiger partial charge is 0.478 e. The van der Waals surface area contributed by atoms with Crippen LogP contribution in [0.1, 0.15) is 12.5 Å². The van der Waals surface area contributed by atoms with Gasteiger partial charge in [0.05, 0.1) is 11.2 Å². The molecular formula is C19H17FN2O2. The third-order valence-electron chi connectivity index (χ3n) is 3.74. The van der Waals surface area contributed by atoms with Gasteiger partial charge >= 0.3 is 0 Å². The van der Waals surface area contributed by atoms with E-state index in [-0.39, 0.29) is 11.7 Å². The van der Waals surface area contributed by atoms with Crippen LogP contribution in [0.25, 0.3) is 10.9 Å². The van der Waals surface area contributed by atoms with Crippen molar-refractivity contribution in [2.45, 2.75) is 20.0 Å². The Bertz CT molecular complexity index is 895. The van der Waals surface area contributed by atoms with E-state index in [0.717, 1.165) is 16.5 Å². The SMILES string of the molecule is Cc1ccc(NC(=O)C(C)Oc2ccccc2F)c2cccnc12. The summed E-state index contributed by atoms with van der Waals surface area (Å²) in [5.74, 6) is -0.801.